The van der Waals surface area contributed by atoms with Gasteiger partial charge in [-0.2, -0.15) is 0 Å². The average Bonchev–Trinajstić information content (AvgIpc) is 3.14. The Morgan fingerprint density at radius 3 is 2.84 bits per heavy atom. The SMILES string of the molecule is CCOc1cc(-c2nc3ccccn3c2/N=C/c2cc(Br)cc([N+](=O)[O-])c2[O-])ccc1O. The molecule has 9 nitrogen and oxygen atoms in total. The van der Waals surface area contributed by atoms with Gasteiger partial charge in [-0.3, -0.25) is 14.5 Å². The summed E-state index contributed by atoms with van der Waals surface area (Å²) in [5, 5.41) is 33.7. The fraction of sp³-hybridized carbons (Fsp3) is 0.0909. The average molecular weight is 496 g/mol. The van der Waals surface area contributed by atoms with E-state index in [9.17, 15) is 20.3 Å². The molecule has 4 rings (SSSR count). The van der Waals surface area contributed by atoms with Crippen LogP contribution in [0.2, 0.25) is 0 Å². The van der Waals surface area contributed by atoms with Crippen molar-refractivity contribution in [3.05, 3.63) is 74.9 Å². The van der Waals surface area contributed by atoms with E-state index < -0.39 is 16.4 Å². The molecule has 0 aliphatic carbocycles. The zero-order valence-electron chi connectivity index (χ0n) is 16.7. The second-order valence-corrected chi connectivity index (χ2v) is 7.60. The summed E-state index contributed by atoms with van der Waals surface area (Å²) in [6, 6.07) is 12.9. The number of hydrogen-bond acceptors (Lipinski definition) is 7. The van der Waals surface area contributed by atoms with Crippen molar-refractivity contribution < 1.29 is 19.9 Å². The van der Waals surface area contributed by atoms with Crippen molar-refractivity contribution in [3.8, 4) is 28.5 Å². The lowest BCUT2D eigenvalue weighted by Gasteiger charge is -2.11. The van der Waals surface area contributed by atoms with Crippen LogP contribution in [0.15, 0.2) is 64.2 Å². The summed E-state index contributed by atoms with van der Waals surface area (Å²) in [5.41, 5.74) is 1.26. The number of aromatic nitrogens is 2. The highest BCUT2D eigenvalue weighted by atomic mass is 79.9. The lowest BCUT2D eigenvalue weighted by atomic mass is 10.1. The number of fused-ring (bicyclic) bond motifs is 1. The van der Waals surface area contributed by atoms with Gasteiger partial charge < -0.3 is 14.9 Å². The molecule has 4 aromatic rings. The lowest BCUT2D eigenvalue weighted by Crippen LogP contribution is -2.02. The zero-order valence-corrected chi connectivity index (χ0v) is 18.3. The van der Waals surface area contributed by atoms with E-state index in [1.54, 1.807) is 28.8 Å². The summed E-state index contributed by atoms with van der Waals surface area (Å²) in [7, 11) is 0. The number of nitro benzene ring substituents is 1. The molecule has 2 aromatic heterocycles. The molecule has 162 valence electrons. The number of nitro groups is 1. The predicted molar refractivity (Wildman–Crippen MR) is 121 cm³/mol. The molecule has 0 aliphatic rings. The third-order valence-electron chi connectivity index (χ3n) is 4.62. The maximum atomic E-state index is 12.5. The number of aliphatic imine (C=N–C) groups is 1. The molecule has 0 saturated carbocycles. The van der Waals surface area contributed by atoms with E-state index >= 15 is 0 Å². The summed E-state index contributed by atoms with van der Waals surface area (Å²) < 4.78 is 7.60. The first-order chi connectivity index (χ1) is 15.4. The van der Waals surface area contributed by atoms with Crippen molar-refractivity contribution in [2.24, 2.45) is 4.99 Å². The van der Waals surface area contributed by atoms with Crippen LogP contribution >= 0.6 is 15.9 Å². The molecule has 32 heavy (non-hydrogen) atoms. The Morgan fingerprint density at radius 2 is 2.09 bits per heavy atom. The quantitative estimate of drug-likeness (QED) is 0.236. The topological polar surface area (TPSA) is 125 Å². The Labute approximate surface area is 190 Å². The fourth-order valence-electron chi connectivity index (χ4n) is 3.19. The van der Waals surface area contributed by atoms with E-state index in [0.717, 1.165) is 6.07 Å². The van der Waals surface area contributed by atoms with Gasteiger partial charge in [-0.1, -0.05) is 22.0 Å². The molecule has 2 heterocycles. The summed E-state index contributed by atoms with van der Waals surface area (Å²) in [5.74, 6) is -0.0142. The van der Waals surface area contributed by atoms with Crippen LogP contribution < -0.4 is 9.84 Å². The molecule has 2 aromatic carbocycles. The van der Waals surface area contributed by atoms with Gasteiger partial charge >= 0.3 is 0 Å². The molecule has 0 atom stereocenters. The number of hydrogen-bond donors (Lipinski definition) is 1. The van der Waals surface area contributed by atoms with Crippen LogP contribution in [0.25, 0.3) is 16.9 Å². The number of phenols is 1. The molecular formula is C22H16BrN4O5-. The highest BCUT2D eigenvalue weighted by molar-refractivity contribution is 9.10. The molecule has 1 N–H and O–H groups in total. The van der Waals surface area contributed by atoms with E-state index in [-0.39, 0.29) is 11.3 Å². The van der Waals surface area contributed by atoms with Gasteiger partial charge in [-0.25, -0.2) is 9.98 Å². The Hall–Kier alpha value is -3.92. The van der Waals surface area contributed by atoms with Gasteiger partial charge in [0.25, 0.3) is 5.69 Å². The number of benzene rings is 2. The van der Waals surface area contributed by atoms with E-state index in [1.807, 2.05) is 19.1 Å². The Kier molecular flexibility index (Phi) is 5.78. The third kappa shape index (κ3) is 4.00. The zero-order chi connectivity index (χ0) is 22.8. The summed E-state index contributed by atoms with van der Waals surface area (Å²) in [6.45, 7) is 2.19. The number of pyridine rings is 1. The third-order valence-corrected chi connectivity index (χ3v) is 5.08. The van der Waals surface area contributed by atoms with Crippen molar-refractivity contribution in [1.29, 1.82) is 0 Å². The van der Waals surface area contributed by atoms with Crippen LogP contribution in [-0.2, 0) is 0 Å². The molecule has 0 radical (unpaired) electrons. The second-order valence-electron chi connectivity index (χ2n) is 6.69. The van der Waals surface area contributed by atoms with Gasteiger partial charge in [0.05, 0.1) is 11.5 Å². The maximum absolute atomic E-state index is 12.5. The summed E-state index contributed by atoms with van der Waals surface area (Å²) >= 11 is 3.19. The molecule has 0 spiro atoms. The van der Waals surface area contributed by atoms with E-state index in [2.05, 4.69) is 25.9 Å². The van der Waals surface area contributed by atoms with Crippen LogP contribution in [0, 0.1) is 10.1 Å². The highest BCUT2D eigenvalue weighted by Gasteiger charge is 2.16. The monoisotopic (exact) mass is 495 g/mol. The molecule has 10 heteroatoms. The van der Waals surface area contributed by atoms with Gasteiger partial charge in [0, 0.05) is 28.5 Å². The first-order valence-electron chi connectivity index (χ1n) is 9.51. The summed E-state index contributed by atoms with van der Waals surface area (Å²) in [6.07, 6.45) is 3.05. The molecule has 0 amide bonds. The minimum Gasteiger partial charge on any atom is -0.867 e. The Bertz CT molecular complexity index is 1370. The van der Waals surface area contributed by atoms with E-state index in [1.165, 1.54) is 18.3 Å². The first-order valence-corrected chi connectivity index (χ1v) is 10.3. The van der Waals surface area contributed by atoms with Crippen LogP contribution in [0.5, 0.6) is 17.2 Å². The van der Waals surface area contributed by atoms with Crippen molar-refractivity contribution in [3.63, 3.8) is 0 Å². The smallest absolute Gasteiger partial charge is 0.263 e. The van der Waals surface area contributed by atoms with Crippen LogP contribution in [0.1, 0.15) is 12.5 Å². The summed E-state index contributed by atoms with van der Waals surface area (Å²) in [4.78, 5) is 19.6. The first kappa shape index (κ1) is 21.3. The van der Waals surface area contributed by atoms with Gasteiger partial charge in [0.15, 0.2) is 17.3 Å². The largest absolute Gasteiger partial charge is 0.867 e. The van der Waals surface area contributed by atoms with Crippen molar-refractivity contribution in [2.45, 2.75) is 6.92 Å². The number of rotatable bonds is 6. The normalized spacial score (nSPS) is 11.3. The standard InChI is InChI=1S/C22H17BrN4O5/c1-2-32-18-10-13(6-7-17(18)28)20-22(26-8-4-3-5-19(26)25-20)24-12-14-9-15(23)11-16(21(14)29)27(30)31/h3-12,28-29H,2H2,1H3/p-1/b24-12+. The minimum atomic E-state index is -0.736. The fourth-order valence-corrected chi connectivity index (χ4v) is 3.66. The van der Waals surface area contributed by atoms with Crippen LogP contribution in [0.4, 0.5) is 11.5 Å². The van der Waals surface area contributed by atoms with Gasteiger partial charge in [0.2, 0.25) is 0 Å². The number of nitrogens with zero attached hydrogens (tertiary/aromatic N) is 4. The number of halogens is 1. The lowest BCUT2D eigenvalue weighted by molar-refractivity contribution is -0.398. The van der Waals surface area contributed by atoms with Crippen molar-refractivity contribution in [2.75, 3.05) is 6.61 Å². The molecule has 0 unspecified atom stereocenters. The number of phenolic OH excluding ortho intramolecular Hbond substituents is 1. The number of imidazole rings is 1. The van der Waals surface area contributed by atoms with Crippen LogP contribution in [0.3, 0.4) is 0 Å². The minimum absolute atomic E-state index is 0.00172. The molecule has 0 fully saturated rings. The molecule has 0 bridgehead atoms. The molecule has 0 saturated heterocycles. The maximum Gasteiger partial charge on any atom is 0.263 e. The highest BCUT2D eigenvalue weighted by Crippen LogP contribution is 2.37. The molecular weight excluding hydrogens is 480 g/mol. The second kappa shape index (κ2) is 8.67. The van der Waals surface area contributed by atoms with E-state index in [4.69, 9.17) is 4.74 Å². The van der Waals surface area contributed by atoms with E-state index in [0.29, 0.717) is 39.6 Å². The van der Waals surface area contributed by atoms with Gasteiger partial charge in [-0.15, -0.1) is 0 Å². The Morgan fingerprint density at radius 1 is 1.28 bits per heavy atom. The van der Waals surface area contributed by atoms with Gasteiger partial charge in [0.1, 0.15) is 11.3 Å². The Balaban J connectivity index is 1.87. The predicted octanol–water partition coefficient (Wildman–Crippen LogP) is 4.60. The molecule has 0 aliphatic heterocycles. The number of aromatic hydroxyl groups is 1. The number of ether oxygens (including phenoxy) is 1. The van der Waals surface area contributed by atoms with Crippen molar-refractivity contribution >= 4 is 39.3 Å². The van der Waals surface area contributed by atoms with Gasteiger partial charge in [-0.05, 0) is 54.6 Å². The van der Waals surface area contributed by atoms with Crippen molar-refractivity contribution in [1.82, 2.24) is 9.38 Å². The van der Waals surface area contributed by atoms with Crippen LogP contribution in [-0.4, -0.2) is 32.2 Å².